The molecule has 0 radical (unpaired) electrons. The van der Waals surface area contributed by atoms with Crippen LogP contribution in [-0.4, -0.2) is 0 Å². The molecule has 0 nitrogen and oxygen atoms in total. The molecule has 0 heterocycles. The van der Waals surface area contributed by atoms with Gasteiger partial charge in [-0.05, 0) is 37.0 Å². The molecule has 0 fully saturated rings. The van der Waals surface area contributed by atoms with E-state index in [-0.39, 0.29) is 10.8 Å². The minimum Gasteiger partial charge on any atom is -0.205 e. The second-order valence-corrected chi connectivity index (χ2v) is 4.07. The van der Waals surface area contributed by atoms with Crippen LogP contribution in [0.1, 0.15) is 37.3 Å². The Kier molecular flexibility index (Phi) is 4.40. The lowest BCUT2D eigenvalue weighted by molar-refractivity contribution is 0.617. The largest absolute Gasteiger partial charge is 0.205 e. The maximum absolute atomic E-state index is 13.2. The fourth-order valence-corrected chi connectivity index (χ4v) is 1.81. The Morgan fingerprint density at radius 1 is 1.29 bits per heavy atom. The van der Waals surface area contributed by atoms with E-state index >= 15 is 0 Å². The summed E-state index contributed by atoms with van der Waals surface area (Å²) in [4.78, 5) is 0. The Balaban J connectivity index is 2.69. The molecule has 0 saturated carbocycles. The Bertz CT molecular complexity index is 284. The van der Waals surface area contributed by atoms with E-state index in [9.17, 15) is 4.39 Å². The highest BCUT2D eigenvalue weighted by atomic mass is 35.5. The number of hydrogen-bond acceptors (Lipinski definition) is 0. The quantitative estimate of drug-likeness (QED) is 0.647. The van der Waals surface area contributed by atoms with Crippen LogP contribution < -0.4 is 0 Å². The lowest BCUT2D eigenvalue weighted by Gasteiger charge is -2.05. The molecule has 14 heavy (non-hydrogen) atoms. The average Bonchev–Trinajstić information content (AvgIpc) is 2.14. The zero-order chi connectivity index (χ0) is 10.6. The third kappa shape index (κ3) is 2.98. The smallest absolute Gasteiger partial charge is 0.144 e. The molecule has 0 aliphatic heterocycles. The van der Waals surface area contributed by atoms with Crippen molar-refractivity contribution in [3.63, 3.8) is 0 Å². The molecule has 0 bridgehead atoms. The van der Waals surface area contributed by atoms with Gasteiger partial charge >= 0.3 is 0 Å². The number of unbranched alkanes of at least 4 members (excludes halogenated alkanes) is 2. The number of aryl methyl sites for hydroxylation is 2. The fourth-order valence-electron chi connectivity index (χ4n) is 1.52. The maximum Gasteiger partial charge on any atom is 0.144 e. The standard InChI is InChI=1S/C12H16ClF/c1-3-4-5-6-10-7-9(2)12(14)11(13)8-10/h7-8H,3-6H2,1-2H3. The Hall–Kier alpha value is -0.560. The molecule has 0 spiro atoms. The highest BCUT2D eigenvalue weighted by Crippen LogP contribution is 2.21. The monoisotopic (exact) mass is 214 g/mol. The van der Waals surface area contributed by atoms with Gasteiger partial charge in [0.1, 0.15) is 5.82 Å². The van der Waals surface area contributed by atoms with Crippen molar-refractivity contribution in [3.8, 4) is 0 Å². The van der Waals surface area contributed by atoms with Crippen LogP contribution >= 0.6 is 11.6 Å². The number of hydrogen-bond donors (Lipinski definition) is 0. The van der Waals surface area contributed by atoms with Crippen molar-refractivity contribution in [2.75, 3.05) is 0 Å². The SMILES string of the molecule is CCCCCc1cc(C)c(F)c(Cl)c1. The normalized spacial score (nSPS) is 10.6. The van der Waals surface area contributed by atoms with Crippen molar-refractivity contribution in [3.05, 3.63) is 34.1 Å². The molecule has 78 valence electrons. The van der Waals surface area contributed by atoms with Crippen LogP contribution in [0.15, 0.2) is 12.1 Å². The summed E-state index contributed by atoms with van der Waals surface area (Å²) in [5.41, 5.74) is 1.78. The first-order chi connectivity index (χ1) is 6.65. The molecule has 0 N–H and O–H groups in total. The van der Waals surface area contributed by atoms with Crippen molar-refractivity contribution in [2.45, 2.75) is 39.5 Å². The predicted octanol–water partition coefficient (Wildman–Crippen LogP) is 4.52. The van der Waals surface area contributed by atoms with E-state index in [0.717, 1.165) is 18.4 Å². The van der Waals surface area contributed by atoms with E-state index in [0.29, 0.717) is 5.56 Å². The lowest BCUT2D eigenvalue weighted by atomic mass is 10.0. The summed E-state index contributed by atoms with van der Waals surface area (Å²) in [6.07, 6.45) is 4.56. The summed E-state index contributed by atoms with van der Waals surface area (Å²) < 4.78 is 13.2. The molecule has 0 atom stereocenters. The zero-order valence-electron chi connectivity index (χ0n) is 8.74. The average molecular weight is 215 g/mol. The van der Waals surface area contributed by atoms with E-state index < -0.39 is 0 Å². The predicted molar refractivity (Wildman–Crippen MR) is 59.4 cm³/mol. The molecular weight excluding hydrogens is 199 g/mol. The first-order valence-electron chi connectivity index (χ1n) is 5.09. The van der Waals surface area contributed by atoms with Crippen molar-refractivity contribution >= 4 is 11.6 Å². The van der Waals surface area contributed by atoms with E-state index in [1.165, 1.54) is 12.8 Å². The molecule has 0 unspecified atom stereocenters. The van der Waals surface area contributed by atoms with Gasteiger partial charge in [0.15, 0.2) is 0 Å². The van der Waals surface area contributed by atoms with Crippen LogP contribution in [0.3, 0.4) is 0 Å². The van der Waals surface area contributed by atoms with Crippen LogP contribution in [0.4, 0.5) is 4.39 Å². The summed E-state index contributed by atoms with van der Waals surface area (Å²) in [5, 5.41) is 0.247. The molecule has 0 aliphatic rings. The van der Waals surface area contributed by atoms with Crippen LogP contribution in [-0.2, 0) is 6.42 Å². The fraction of sp³-hybridized carbons (Fsp3) is 0.500. The highest BCUT2D eigenvalue weighted by molar-refractivity contribution is 6.30. The summed E-state index contributed by atoms with van der Waals surface area (Å²) >= 11 is 5.76. The maximum atomic E-state index is 13.2. The number of benzene rings is 1. The van der Waals surface area contributed by atoms with E-state index in [4.69, 9.17) is 11.6 Å². The Labute approximate surface area is 90.1 Å². The third-order valence-electron chi connectivity index (χ3n) is 2.34. The van der Waals surface area contributed by atoms with Gasteiger partial charge in [0.25, 0.3) is 0 Å². The van der Waals surface area contributed by atoms with Crippen LogP contribution in [0.2, 0.25) is 5.02 Å². The molecular formula is C12H16ClF. The molecule has 0 saturated heterocycles. The van der Waals surface area contributed by atoms with Gasteiger partial charge < -0.3 is 0 Å². The molecule has 1 rings (SSSR count). The minimum absolute atomic E-state index is 0.247. The Morgan fingerprint density at radius 2 is 2.00 bits per heavy atom. The van der Waals surface area contributed by atoms with E-state index in [2.05, 4.69) is 6.92 Å². The van der Waals surface area contributed by atoms with E-state index in [1.54, 1.807) is 13.0 Å². The summed E-state index contributed by atoms with van der Waals surface area (Å²) in [5.74, 6) is -0.286. The van der Waals surface area contributed by atoms with Crippen LogP contribution in [0, 0.1) is 12.7 Å². The van der Waals surface area contributed by atoms with Crippen molar-refractivity contribution in [2.24, 2.45) is 0 Å². The summed E-state index contributed by atoms with van der Waals surface area (Å²) in [6.45, 7) is 3.92. The second-order valence-electron chi connectivity index (χ2n) is 3.67. The van der Waals surface area contributed by atoms with Gasteiger partial charge in [-0.1, -0.05) is 37.4 Å². The van der Waals surface area contributed by atoms with E-state index in [1.807, 2.05) is 6.07 Å². The number of rotatable bonds is 4. The molecule has 1 aromatic rings. The van der Waals surface area contributed by atoms with Gasteiger partial charge in [0.05, 0.1) is 5.02 Å². The topological polar surface area (TPSA) is 0 Å². The Morgan fingerprint density at radius 3 is 2.57 bits per heavy atom. The van der Waals surface area contributed by atoms with Crippen molar-refractivity contribution in [1.82, 2.24) is 0 Å². The van der Waals surface area contributed by atoms with Gasteiger partial charge in [-0.15, -0.1) is 0 Å². The van der Waals surface area contributed by atoms with Gasteiger partial charge in [-0.25, -0.2) is 4.39 Å². The molecule has 2 heteroatoms. The van der Waals surface area contributed by atoms with Crippen LogP contribution in [0.25, 0.3) is 0 Å². The molecule has 1 aromatic carbocycles. The first kappa shape index (κ1) is 11.5. The molecule has 0 aromatic heterocycles. The molecule has 0 amide bonds. The highest BCUT2D eigenvalue weighted by Gasteiger charge is 2.05. The zero-order valence-corrected chi connectivity index (χ0v) is 9.49. The van der Waals surface area contributed by atoms with Crippen LogP contribution in [0.5, 0.6) is 0 Å². The lowest BCUT2D eigenvalue weighted by Crippen LogP contribution is -1.91. The number of halogens is 2. The summed E-state index contributed by atoms with van der Waals surface area (Å²) in [7, 11) is 0. The molecule has 0 aliphatic carbocycles. The summed E-state index contributed by atoms with van der Waals surface area (Å²) in [6, 6.07) is 3.62. The van der Waals surface area contributed by atoms with Crippen molar-refractivity contribution in [1.29, 1.82) is 0 Å². The van der Waals surface area contributed by atoms with Gasteiger partial charge in [-0.3, -0.25) is 0 Å². The third-order valence-corrected chi connectivity index (χ3v) is 2.61. The van der Waals surface area contributed by atoms with Gasteiger partial charge in [-0.2, -0.15) is 0 Å². The van der Waals surface area contributed by atoms with Gasteiger partial charge in [0, 0.05) is 0 Å². The first-order valence-corrected chi connectivity index (χ1v) is 5.47. The minimum atomic E-state index is -0.286. The second kappa shape index (κ2) is 5.35. The van der Waals surface area contributed by atoms with Gasteiger partial charge in [0.2, 0.25) is 0 Å². The van der Waals surface area contributed by atoms with Crippen molar-refractivity contribution < 1.29 is 4.39 Å².